The fourth-order valence-corrected chi connectivity index (χ4v) is 1.65. The highest BCUT2D eigenvalue weighted by Gasteiger charge is 2.17. The first-order chi connectivity index (χ1) is 8.47. The Labute approximate surface area is 106 Å². The fraction of sp³-hybridized carbons (Fsp3) is 0.462. The molecule has 0 aliphatic heterocycles. The Kier molecular flexibility index (Phi) is 5.07. The second kappa shape index (κ2) is 6.33. The third-order valence-electron chi connectivity index (χ3n) is 2.77. The maximum Gasteiger partial charge on any atom is 0.255 e. The van der Waals surface area contributed by atoms with Gasteiger partial charge in [0.2, 0.25) is 0 Å². The number of anilines is 1. The monoisotopic (exact) mass is 256 g/mol. The van der Waals surface area contributed by atoms with E-state index in [1.165, 1.54) is 4.90 Å². The Morgan fingerprint density at radius 3 is 2.50 bits per heavy atom. The Morgan fingerprint density at radius 1 is 1.28 bits per heavy atom. The van der Waals surface area contributed by atoms with Crippen LogP contribution in [-0.2, 0) is 0 Å². The molecule has 5 heteroatoms. The summed E-state index contributed by atoms with van der Waals surface area (Å²) in [6, 6.07) is 1.69. The van der Waals surface area contributed by atoms with E-state index >= 15 is 0 Å². The van der Waals surface area contributed by atoms with Crippen LogP contribution in [0.5, 0.6) is 0 Å². The molecule has 0 aromatic heterocycles. The lowest BCUT2D eigenvalue weighted by atomic mass is 10.1. The normalized spacial score (nSPS) is 10.4. The zero-order valence-corrected chi connectivity index (χ0v) is 10.7. The summed E-state index contributed by atoms with van der Waals surface area (Å²) >= 11 is 0. The summed E-state index contributed by atoms with van der Waals surface area (Å²) in [6.45, 7) is 2.64. The van der Waals surface area contributed by atoms with E-state index in [0.717, 1.165) is 31.4 Å². The molecule has 1 rings (SSSR count). The van der Waals surface area contributed by atoms with Crippen LogP contribution in [0.2, 0.25) is 0 Å². The first-order valence-corrected chi connectivity index (χ1v) is 5.97. The molecule has 0 fully saturated rings. The van der Waals surface area contributed by atoms with E-state index in [2.05, 4.69) is 6.92 Å². The van der Waals surface area contributed by atoms with Gasteiger partial charge in [-0.2, -0.15) is 0 Å². The van der Waals surface area contributed by atoms with E-state index in [9.17, 15) is 13.6 Å². The van der Waals surface area contributed by atoms with Crippen LogP contribution in [0.1, 0.15) is 36.5 Å². The Balaban J connectivity index is 2.80. The summed E-state index contributed by atoms with van der Waals surface area (Å²) in [4.78, 5) is 13.5. The minimum Gasteiger partial charge on any atom is -0.398 e. The molecule has 2 N–H and O–H groups in total. The SMILES string of the molecule is CCCCCN(C)C(=O)c1cc(F)c(F)cc1N. The maximum atomic E-state index is 13.1. The van der Waals surface area contributed by atoms with Crippen molar-refractivity contribution in [2.24, 2.45) is 0 Å². The lowest BCUT2D eigenvalue weighted by Crippen LogP contribution is -2.28. The minimum absolute atomic E-state index is 0.00731. The van der Waals surface area contributed by atoms with Crippen LogP contribution in [0.4, 0.5) is 14.5 Å². The number of carbonyl (C=O) groups excluding carboxylic acids is 1. The Hall–Kier alpha value is -1.65. The van der Waals surface area contributed by atoms with Gasteiger partial charge in [0.25, 0.3) is 5.91 Å². The smallest absolute Gasteiger partial charge is 0.255 e. The van der Waals surface area contributed by atoms with Crippen molar-refractivity contribution in [1.82, 2.24) is 4.90 Å². The van der Waals surface area contributed by atoms with Gasteiger partial charge in [0.05, 0.1) is 5.56 Å². The second-order valence-electron chi connectivity index (χ2n) is 4.29. The van der Waals surface area contributed by atoms with Gasteiger partial charge in [0.15, 0.2) is 11.6 Å². The molecule has 1 aromatic rings. The van der Waals surface area contributed by atoms with Gasteiger partial charge in [0, 0.05) is 25.3 Å². The highest BCUT2D eigenvalue weighted by atomic mass is 19.2. The zero-order chi connectivity index (χ0) is 13.7. The molecule has 1 aromatic carbocycles. The lowest BCUT2D eigenvalue weighted by molar-refractivity contribution is 0.0793. The van der Waals surface area contributed by atoms with Crippen molar-refractivity contribution in [1.29, 1.82) is 0 Å². The molecule has 100 valence electrons. The molecule has 0 atom stereocenters. The van der Waals surface area contributed by atoms with E-state index in [-0.39, 0.29) is 17.2 Å². The lowest BCUT2D eigenvalue weighted by Gasteiger charge is -2.18. The number of unbranched alkanes of at least 4 members (excludes halogenated alkanes) is 2. The standard InChI is InChI=1S/C13H18F2N2O/c1-3-4-5-6-17(2)13(18)9-7-10(14)11(15)8-12(9)16/h7-8H,3-6,16H2,1-2H3. The van der Waals surface area contributed by atoms with Crippen molar-refractivity contribution < 1.29 is 13.6 Å². The van der Waals surface area contributed by atoms with Gasteiger partial charge >= 0.3 is 0 Å². The number of rotatable bonds is 5. The topological polar surface area (TPSA) is 46.3 Å². The van der Waals surface area contributed by atoms with Crippen LogP contribution in [-0.4, -0.2) is 24.4 Å². The van der Waals surface area contributed by atoms with E-state index in [1.807, 2.05) is 0 Å². The molecule has 0 saturated heterocycles. The van der Waals surface area contributed by atoms with E-state index in [4.69, 9.17) is 5.73 Å². The predicted molar refractivity (Wildman–Crippen MR) is 67.3 cm³/mol. The van der Waals surface area contributed by atoms with E-state index in [1.54, 1.807) is 7.05 Å². The summed E-state index contributed by atoms with van der Waals surface area (Å²) < 4.78 is 26.0. The fourth-order valence-electron chi connectivity index (χ4n) is 1.65. The molecule has 0 saturated carbocycles. The largest absolute Gasteiger partial charge is 0.398 e. The van der Waals surface area contributed by atoms with Crippen LogP contribution in [0.15, 0.2) is 12.1 Å². The number of benzene rings is 1. The summed E-state index contributed by atoms with van der Waals surface area (Å²) in [5, 5.41) is 0. The molecular formula is C13H18F2N2O. The number of halogens is 2. The van der Waals surface area contributed by atoms with Crippen molar-refractivity contribution in [3.8, 4) is 0 Å². The second-order valence-corrected chi connectivity index (χ2v) is 4.29. The summed E-state index contributed by atoms with van der Waals surface area (Å²) in [7, 11) is 1.62. The third-order valence-corrected chi connectivity index (χ3v) is 2.77. The number of hydrogen-bond donors (Lipinski definition) is 1. The number of nitrogen functional groups attached to an aromatic ring is 1. The molecule has 0 bridgehead atoms. The zero-order valence-electron chi connectivity index (χ0n) is 10.7. The first-order valence-electron chi connectivity index (χ1n) is 5.97. The van der Waals surface area contributed by atoms with Crippen LogP contribution in [0, 0.1) is 11.6 Å². The van der Waals surface area contributed by atoms with E-state index in [0.29, 0.717) is 6.54 Å². The third kappa shape index (κ3) is 3.42. The Morgan fingerprint density at radius 2 is 1.89 bits per heavy atom. The summed E-state index contributed by atoms with van der Waals surface area (Å²) in [5.74, 6) is -2.49. The van der Waals surface area contributed by atoms with Crippen molar-refractivity contribution in [2.45, 2.75) is 26.2 Å². The molecule has 1 amide bonds. The van der Waals surface area contributed by atoms with Crippen LogP contribution in [0.3, 0.4) is 0 Å². The van der Waals surface area contributed by atoms with Crippen molar-refractivity contribution in [2.75, 3.05) is 19.3 Å². The summed E-state index contributed by atoms with van der Waals surface area (Å²) in [5.41, 5.74) is 5.50. The van der Waals surface area contributed by atoms with Crippen LogP contribution in [0.25, 0.3) is 0 Å². The maximum absolute atomic E-state index is 13.1. The number of nitrogens with zero attached hydrogens (tertiary/aromatic N) is 1. The van der Waals surface area contributed by atoms with Gasteiger partial charge in [-0.25, -0.2) is 8.78 Å². The molecule has 0 spiro atoms. The number of nitrogens with two attached hydrogens (primary N) is 1. The highest BCUT2D eigenvalue weighted by molar-refractivity contribution is 5.99. The highest BCUT2D eigenvalue weighted by Crippen LogP contribution is 2.18. The van der Waals surface area contributed by atoms with Gasteiger partial charge in [-0.3, -0.25) is 4.79 Å². The van der Waals surface area contributed by atoms with Crippen molar-refractivity contribution in [3.05, 3.63) is 29.3 Å². The molecule has 18 heavy (non-hydrogen) atoms. The summed E-state index contributed by atoms with van der Waals surface area (Å²) in [6.07, 6.45) is 2.95. The number of hydrogen-bond acceptors (Lipinski definition) is 2. The average molecular weight is 256 g/mol. The van der Waals surface area contributed by atoms with Gasteiger partial charge in [-0.1, -0.05) is 19.8 Å². The van der Waals surface area contributed by atoms with E-state index < -0.39 is 11.6 Å². The Bertz CT molecular complexity index is 435. The van der Waals surface area contributed by atoms with Crippen LogP contribution < -0.4 is 5.73 Å². The van der Waals surface area contributed by atoms with Gasteiger partial charge in [-0.15, -0.1) is 0 Å². The van der Waals surface area contributed by atoms with Gasteiger partial charge < -0.3 is 10.6 Å². The molecule has 0 radical (unpaired) electrons. The molecule has 0 aliphatic carbocycles. The minimum atomic E-state index is -1.06. The molecule has 0 unspecified atom stereocenters. The quantitative estimate of drug-likeness (QED) is 0.650. The molecule has 0 heterocycles. The van der Waals surface area contributed by atoms with Crippen LogP contribution >= 0.6 is 0 Å². The van der Waals surface area contributed by atoms with Crippen molar-refractivity contribution >= 4 is 11.6 Å². The molecule has 0 aliphatic rings. The molecule has 3 nitrogen and oxygen atoms in total. The van der Waals surface area contributed by atoms with Gasteiger partial charge in [0.1, 0.15) is 0 Å². The van der Waals surface area contributed by atoms with Gasteiger partial charge in [-0.05, 0) is 12.5 Å². The molecular weight excluding hydrogens is 238 g/mol. The predicted octanol–water partition coefficient (Wildman–Crippen LogP) is 2.81. The number of carbonyl (C=O) groups is 1. The first kappa shape index (κ1) is 14.4. The number of amides is 1. The van der Waals surface area contributed by atoms with Crippen molar-refractivity contribution in [3.63, 3.8) is 0 Å². The average Bonchev–Trinajstić information content (AvgIpc) is 2.33.